The Labute approximate surface area is 152 Å². The average Bonchev–Trinajstić information content (AvgIpc) is 2.95. The summed E-state index contributed by atoms with van der Waals surface area (Å²) in [7, 11) is 0. The van der Waals surface area contributed by atoms with Gasteiger partial charge in [0.15, 0.2) is 0 Å². The number of halogens is 2. The molecule has 0 fully saturated rings. The number of aromatic nitrogens is 2. The molecule has 2 heterocycles. The summed E-state index contributed by atoms with van der Waals surface area (Å²) >= 11 is 12.5. The number of nitrogens with zero attached hydrogens (tertiary/aromatic N) is 3. The fraction of sp³-hybridized carbons (Fsp3) is 0.316. The zero-order valence-electron chi connectivity index (χ0n) is 14.2. The third-order valence-electron chi connectivity index (χ3n) is 4.32. The Balaban J connectivity index is 2.28. The van der Waals surface area contributed by atoms with Gasteiger partial charge in [0.1, 0.15) is 0 Å². The van der Waals surface area contributed by atoms with Crippen molar-refractivity contribution in [1.82, 2.24) is 9.61 Å². The summed E-state index contributed by atoms with van der Waals surface area (Å²) in [5.74, 6) is 0. The fourth-order valence-corrected chi connectivity index (χ4v) is 3.63. The van der Waals surface area contributed by atoms with Gasteiger partial charge in [0.2, 0.25) is 0 Å². The van der Waals surface area contributed by atoms with E-state index >= 15 is 0 Å². The third kappa shape index (κ3) is 2.87. The van der Waals surface area contributed by atoms with Crippen LogP contribution in [0, 0.1) is 0 Å². The van der Waals surface area contributed by atoms with Gasteiger partial charge in [0, 0.05) is 23.7 Å². The standard InChI is InChI=1S/C19H21Cl2N3/c1-4-16-19(23(5-2)6-3)18-9-7-8-17(24(18)22-16)14-11-10-13(20)12-15(14)21/h7-12H,4-6H2,1-3H3. The third-order valence-corrected chi connectivity index (χ3v) is 4.87. The minimum atomic E-state index is 0.632. The van der Waals surface area contributed by atoms with Gasteiger partial charge in [-0.1, -0.05) is 36.2 Å². The Morgan fingerprint density at radius 1 is 1.04 bits per heavy atom. The zero-order valence-corrected chi connectivity index (χ0v) is 15.7. The summed E-state index contributed by atoms with van der Waals surface area (Å²) in [6, 6.07) is 11.8. The number of aryl methyl sites for hydroxylation is 1. The maximum absolute atomic E-state index is 6.43. The monoisotopic (exact) mass is 361 g/mol. The molecule has 3 aromatic rings. The second-order valence-electron chi connectivity index (χ2n) is 5.65. The predicted octanol–water partition coefficient (Wildman–Crippen LogP) is 5.72. The van der Waals surface area contributed by atoms with Crippen LogP contribution in [0.5, 0.6) is 0 Å². The first-order chi connectivity index (χ1) is 11.6. The van der Waals surface area contributed by atoms with E-state index in [0.29, 0.717) is 10.0 Å². The van der Waals surface area contributed by atoms with Crippen LogP contribution >= 0.6 is 23.2 Å². The molecule has 0 N–H and O–H groups in total. The molecule has 24 heavy (non-hydrogen) atoms. The van der Waals surface area contributed by atoms with Gasteiger partial charge >= 0.3 is 0 Å². The van der Waals surface area contributed by atoms with Gasteiger partial charge in [-0.25, -0.2) is 4.52 Å². The van der Waals surface area contributed by atoms with Crippen molar-refractivity contribution < 1.29 is 0 Å². The molecule has 5 heteroatoms. The van der Waals surface area contributed by atoms with Crippen LogP contribution in [0.4, 0.5) is 5.69 Å². The lowest BCUT2D eigenvalue weighted by Gasteiger charge is -2.21. The molecule has 0 saturated carbocycles. The van der Waals surface area contributed by atoms with E-state index < -0.39 is 0 Å². The molecule has 0 saturated heterocycles. The summed E-state index contributed by atoms with van der Waals surface area (Å²) in [6.45, 7) is 8.40. The first-order valence-electron chi connectivity index (χ1n) is 8.31. The number of anilines is 1. The van der Waals surface area contributed by atoms with E-state index in [0.717, 1.165) is 42.0 Å². The number of hydrogen-bond donors (Lipinski definition) is 0. The van der Waals surface area contributed by atoms with Crippen molar-refractivity contribution in [2.75, 3.05) is 18.0 Å². The Morgan fingerprint density at radius 3 is 2.42 bits per heavy atom. The van der Waals surface area contributed by atoms with Crippen molar-refractivity contribution in [2.24, 2.45) is 0 Å². The van der Waals surface area contributed by atoms with Crippen LogP contribution in [0.15, 0.2) is 36.4 Å². The highest BCUT2D eigenvalue weighted by molar-refractivity contribution is 6.36. The van der Waals surface area contributed by atoms with E-state index in [1.165, 1.54) is 5.69 Å². The van der Waals surface area contributed by atoms with Crippen LogP contribution in [0.1, 0.15) is 26.5 Å². The van der Waals surface area contributed by atoms with Crippen molar-refractivity contribution in [3.8, 4) is 11.3 Å². The first kappa shape index (κ1) is 17.1. The van der Waals surface area contributed by atoms with Crippen molar-refractivity contribution in [3.05, 3.63) is 52.1 Å². The molecule has 0 unspecified atom stereocenters. The van der Waals surface area contributed by atoms with Crippen LogP contribution in [-0.2, 0) is 6.42 Å². The number of benzene rings is 1. The van der Waals surface area contributed by atoms with Crippen LogP contribution in [-0.4, -0.2) is 22.7 Å². The molecule has 0 amide bonds. The number of hydrogen-bond acceptors (Lipinski definition) is 2. The Kier molecular flexibility index (Phi) is 5.02. The van der Waals surface area contributed by atoms with E-state index in [2.05, 4.69) is 37.8 Å². The molecule has 0 atom stereocenters. The molecule has 3 rings (SSSR count). The highest BCUT2D eigenvalue weighted by atomic mass is 35.5. The van der Waals surface area contributed by atoms with Crippen molar-refractivity contribution in [1.29, 1.82) is 0 Å². The van der Waals surface area contributed by atoms with Crippen LogP contribution in [0.3, 0.4) is 0 Å². The van der Waals surface area contributed by atoms with E-state index in [1.54, 1.807) is 6.07 Å². The van der Waals surface area contributed by atoms with E-state index in [9.17, 15) is 0 Å². The number of fused-ring (bicyclic) bond motifs is 1. The van der Waals surface area contributed by atoms with Crippen molar-refractivity contribution in [3.63, 3.8) is 0 Å². The Bertz CT molecular complexity index is 866. The lowest BCUT2D eigenvalue weighted by atomic mass is 10.1. The molecular weight excluding hydrogens is 341 g/mol. The molecule has 0 aliphatic carbocycles. The van der Waals surface area contributed by atoms with E-state index in [-0.39, 0.29) is 0 Å². The maximum Gasteiger partial charge on any atom is 0.0905 e. The summed E-state index contributed by atoms with van der Waals surface area (Å²) in [4.78, 5) is 2.36. The molecule has 126 valence electrons. The minimum absolute atomic E-state index is 0.632. The number of rotatable bonds is 5. The maximum atomic E-state index is 6.43. The lowest BCUT2D eigenvalue weighted by molar-refractivity contribution is 0.852. The minimum Gasteiger partial charge on any atom is -0.369 e. The van der Waals surface area contributed by atoms with Crippen molar-refractivity contribution in [2.45, 2.75) is 27.2 Å². The topological polar surface area (TPSA) is 20.5 Å². The normalized spacial score (nSPS) is 11.2. The average molecular weight is 362 g/mol. The molecule has 0 aliphatic rings. The van der Waals surface area contributed by atoms with Crippen LogP contribution in [0.2, 0.25) is 10.0 Å². The summed E-state index contributed by atoms with van der Waals surface area (Å²) < 4.78 is 2.00. The fourth-order valence-electron chi connectivity index (χ4n) is 3.13. The first-order valence-corrected chi connectivity index (χ1v) is 9.07. The van der Waals surface area contributed by atoms with Gasteiger partial charge in [0.25, 0.3) is 0 Å². The van der Waals surface area contributed by atoms with Gasteiger partial charge in [0.05, 0.1) is 27.6 Å². The largest absolute Gasteiger partial charge is 0.369 e. The van der Waals surface area contributed by atoms with Crippen LogP contribution < -0.4 is 4.90 Å². The molecule has 0 spiro atoms. The molecule has 0 bridgehead atoms. The lowest BCUT2D eigenvalue weighted by Crippen LogP contribution is -2.22. The van der Waals surface area contributed by atoms with Gasteiger partial charge in [-0.3, -0.25) is 0 Å². The second kappa shape index (κ2) is 7.04. The van der Waals surface area contributed by atoms with Gasteiger partial charge in [-0.05, 0) is 50.6 Å². The molecular formula is C19H21Cl2N3. The summed E-state index contributed by atoms with van der Waals surface area (Å²) in [5.41, 5.74) is 5.34. The number of pyridine rings is 1. The van der Waals surface area contributed by atoms with Gasteiger partial charge in [-0.15, -0.1) is 0 Å². The molecule has 0 radical (unpaired) electrons. The molecule has 0 aliphatic heterocycles. The van der Waals surface area contributed by atoms with E-state index in [1.807, 2.05) is 22.7 Å². The highest BCUT2D eigenvalue weighted by Crippen LogP contribution is 2.34. The molecule has 3 nitrogen and oxygen atoms in total. The van der Waals surface area contributed by atoms with Crippen LogP contribution in [0.25, 0.3) is 16.8 Å². The SMILES string of the molecule is CCc1nn2c(-c3ccc(Cl)cc3Cl)cccc2c1N(CC)CC. The quantitative estimate of drug-likeness (QED) is 0.579. The molecule has 2 aromatic heterocycles. The van der Waals surface area contributed by atoms with Gasteiger partial charge < -0.3 is 4.90 Å². The Hall–Kier alpha value is -1.71. The predicted molar refractivity (Wildman–Crippen MR) is 104 cm³/mol. The highest BCUT2D eigenvalue weighted by Gasteiger charge is 2.18. The molecule has 1 aromatic carbocycles. The summed E-state index contributed by atoms with van der Waals surface area (Å²) in [6.07, 6.45) is 0.890. The van der Waals surface area contributed by atoms with Gasteiger partial charge in [-0.2, -0.15) is 5.10 Å². The summed E-state index contributed by atoms with van der Waals surface area (Å²) in [5, 5.41) is 6.14. The Morgan fingerprint density at radius 2 is 1.79 bits per heavy atom. The second-order valence-corrected chi connectivity index (χ2v) is 6.50. The zero-order chi connectivity index (χ0) is 17.3. The smallest absolute Gasteiger partial charge is 0.0905 e. The van der Waals surface area contributed by atoms with E-state index in [4.69, 9.17) is 28.3 Å². The van der Waals surface area contributed by atoms with Crippen molar-refractivity contribution >= 4 is 34.4 Å².